The van der Waals surface area contributed by atoms with E-state index in [0.29, 0.717) is 35.1 Å². The van der Waals surface area contributed by atoms with Crippen molar-refractivity contribution in [1.29, 1.82) is 0 Å². The number of aromatic nitrogens is 2. The van der Waals surface area contributed by atoms with Gasteiger partial charge in [0.05, 0.1) is 28.7 Å². The van der Waals surface area contributed by atoms with Gasteiger partial charge in [0.25, 0.3) is 5.91 Å². The first-order valence-corrected chi connectivity index (χ1v) is 20.4. The summed E-state index contributed by atoms with van der Waals surface area (Å²) in [4.78, 5) is 66.6. The van der Waals surface area contributed by atoms with Crippen LogP contribution in [0.5, 0.6) is 5.88 Å². The van der Waals surface area contributed by atoms with Gasteiger partial charge in [-0.1, -0.05) is 77.1 Å². The van der Waals surface area contributed by atoms with Crippen molar-refractivity contribution in [3.8, 4) is 17.1 Å². The van der Waals surface area contributed by atoms with Crippen LogP contribution in [0.3, 0.4) is 0 Å². The lowest BCUT2D eigenvalue weighted by molar-refractivity contribution is -0.143. The maximum atomic E-state index is 14.6. The van der Waals surface area contributed by atoms with Crippen molar-refractivity contribution in [1.82, 2.24) is 30.2 Å². The summed E-state index contributed by atoms with van der Waals surface area (Å²) in [5, 5.41) is 4.28. The number of alkyl carbamates (subject to hydrolysis) is 1. The summed E-state index contributed by atoms with van der Waals surface area (Å²) in [6, 6.07) is 12.0. The quantitative estimate of drug-likeness (QED) is 0.318. The van der Waals surface area contributed by atoms with Crippen LogP contribution >= 0.6 is 0 Å². The number of para-hydroxylation sites is 2. The number of hydrogen-bond acceptors (Lipinski definition) is 10. The Hall–Kier alpha value is -5.19. The van der Waals surface area contributed by atoms with E-state index in [1.807, 2.05) is 67.1 Å². The average molecular weight is 809 g/mol. The highest BCUT2D eigenvalue weighted by Gasteiger charge is 2.67. The van der Waals surface area contributed by atoms with Gasteiger partial charge in [-0.05, 0) is 48.4 Å². The van der Waals surface area contributed by atoms with Crippen molar-refractivity contribution >= 4 is 50.9 Å². The second-order valence-corrected chi connectivity index (χ2v) is 19.1. The Balaban J connectivity index is 1.29. The number of carbonyl (C=O) groups is 4. The zero-order valence-electron chi connectivity index (χ0n) is 32.3. The van der Waals surface area contributed by atoms with Gasteiger partial charge in [-0.2, -0.15) is 0 Å². The minimum absolute atomic E-state index is 0.0447. The lowest BCUT2D eigenvalue weighted by Crippen LogP contribution is -2.60. The van der Waals surface area contributed by atoms with Gasteiger partial charge >= 0.3 is 6.09 Å². The van der Waals surface area contributed by atoms with Gasteiger partial charge in [-0.3, -0.25) is 19.1 Å². The van der Waals surface area contributed by atoms with Crippen molar-refractivity contribution in [3.05, 3.63) is 60.2 Å². The lowest BCUT2D eigenvalue weighted by Gasteiger charge is -2.35. The number of fused-ring (bicyclic) bond motifs is 7. The van der Waals surface area contributed by atoms with Crippen molar-refractivity contribution < 1.29 is 45.9 Å². The van der Waals surface area contributed by atoms with Crippen LogP contribution in [0.1, 0.15) is 65.9 Å². The summed E-state index contributed by atoms with van der Waals surface area (Å²) in [5.41, 5.74) is -0.815. The second kappa shape index (κ2) is 14.6. The van der Waals surface area contributed by atoms with Crippen molar-refractivity contribution in [3.63, 3.8) is 0 Å². The second-order valence-electron chi connectivity index (χ2n) is 17.1. The average Bonchev–Trinajstić information content (AvgIpc) is 4.08. The van der Waals surface area contributed by atoms with Gasteiger partial charge in [0.15, 0.2) is 0 Å². The minimum atomic E-state index is -4.15. The zero-order valence-corrected chi connectivity index (χ0v) is 33.1. The number of alkyl halides is 2. The molecule has 2 saturated carbocycles. The first kappa shape index (κ1) is 40.0. The van der Waals surface area contributed by atoms with E-state index in [0.717, 1.165) is 5.56 Å². The fraction of sp³-hybridized carbons (Fsp3) is 0.500. The first-order valence-electron chi connectivity index (χ1n) is 18.9. The topological polar surface area (TPSA) is 186 Å². The molecule has 5 atom stereocenters. The molecule has 4 amide bonds. The molecule has 1 aromatic heterocycles. The standard InChI is InChI=1S/C40H46F2N6O8S/c1-38(2,3)31-35(50)48-20-24(18-29(48)33(49)46-40(19-26(40)32(41)42)36(51)47-57(53,54)25-13-14-25)56-34-30(43-27-11-6-7-12-28(27)44-34)23-10-8-9-22(17-23)15-16-39(4,5)21-55-37(52)45-31/h6-12,15-17,24-26,29,31-32H,13-14,18-21H2,1-5H3,(H,45,52)(H,46,49)(H,47,51)/b16-15+/t24-,26+,29+,31-,40+/m1/s1. The third kappa shape index (κ3) is 8.43. The maximum Gasteiger partial charge on any atom is 0.407 e. The number of nitrogens with zero attached hydrogens (tertiary/aromatic N) is 3. The Kier molecular flexibility index (Phi) is 10.3. The smallest absolute Gasteiger partial charge is 0.407 e. The molecule has 3 fully saturated rings. The van der Waals surface area contributed by atoms with Crippen LogP contribution in [-0.4, -0.2) is 95.7 Å². The molecule has 4 aliphatic rings. The third-order valence-electron chi connectivity index (χ3n) is 10.8. The molecule has 3 aromatic rings. The van der Waals surface area contributed by atoms with E-state index in [2.05, 4.69) is 10.6 Å². The summed E-state index contributed by atoms with van der Waals surface area (Å²) >= 11 is 0. The van der Waals surface area contributed by atoms with E-state index >= 15 is 0 Å². The SMILES string of the molecule is CC1(C)/C=C/c2cccc(c2)-c2nc3ccccc3nc2O[C@@H]2C[C@@H](C(=O)N[C@@]3(C(=O)NS(=O)(=O)C4CC4)C[C@H]3C(F)F)N(C2)C(=O)[C@H](C(C)(C)C)NC(=O)OC1. The first-order chi connectivity index (χ1) is 26.8. The number of sulfonamides is 1. The highest BCUT2D eigenvalue weighted by molar-refractivity contribution is 7.91. The van der Waals surface area contributed by atoms with E-state index in [1.165, 1.54) is 4.90 Å². The summed E-state index contributed by atoms with van der Waals surface area (Å²) in [6.45, 7) is 8.66. The number of benzene rings is 2. The fourth-order valence-electron chi connectivity index (χ4n) is 7.21. The number of nitrogens with one attached hydrogen (secondary N) is 3. The Morgan fingerprint density at radius 3 is 2.39 bits per heavy atom. The van der Waals surface area contributed by atoms with Crippen molar-refractivity contribution in [2.45, 2.75) is 95.7 Å². The van der Waals surface area contributed by atoms with Crippen LogP contribution < -0.4 is 20.1 Å². The molecule has 57 heavy (non-hydrogen) atoms. The Morgan fingerprint density at radius 2 is 1.74 bits per heavy atom. The number of ether oxygens (including phenoxy) is 2. The molecule has 0 spiro atoms. The molecule has 0 unspecified atom stereocenters. The normalized spacial score (nSPS) is 26.9. The van der Waals surface area contributed by atoms with Crippen molar-refractivity contribution in [2.75, 3.05) is 13.2 Å². The van der Waals surface area contributed by atoms with Gasteiger partial charge in [0.1, 0.15) is 36.0 Å². The number of hydrogen-bond donors (Lipinski definition) is 3. The molecule has 0 radical (unpaired) electrons. The molecule has 3 N–H and O–H groups in total. The fourth-order valence-corrected chi connectivity index (χ4v) is 8.57. The minimum Gasteiger partial charge on any atom is -0.471 e. The van der Waals surface area contributed by atoms with E-state index in [4.69, 9.17) is 19.4 Å². The molecule has 7 rings (SSSR count). The van der Waals surface area contributed by atoms with Gasteiger partial charge in [0, 0.05) is 17.4 Å². The number of carbonyl (C=O) groups excluding carboxylic acids is 4. The highest BCUT2D eigenvalue weighted by atomic mass is 32.2. The highest BCUT2D eigenvalue weighted by Crippen LogP contribution is 2.48. The van der Waals surface area contributed by atoms with Crippen LogP contribution in [0, 0.1) is 16.7 Å². The monoisotopic (exact) mass is 808 g/mol. The molecular formula is C40H46F2N6O8S. The predicted octanol–water partition coefficient (Wildman–Crippen LogP) is 4.59. The number of amides is 4. The lowest BCUT2D eigenvalue weighted by atomic mass is 9.85. The Labute approximate surface area is 329 Å². The van der Waals surface area contributed by atoms with Crippen LogP contribution in [0.15, 0.2) is 54.6 Å². The molecule has 14 nitrogen and oxygen atoms in total. The summed E-state index contributed by atoms with van der Waals surface area (Å²) in [5.74, 6) is -4.48. The Morgan fingerprint density at radius 1 is 1.04 bits per heavy atom. The predicted molar refractivity (Wildman–Crippen MR) is 205 cm³/mol. The summed E-state index contributed by atoms with van der Waals surface area (Å²) in [6.07, 6.45) is -1.10. The molecule has 304 valence electrons. The molecule has 2 aliphatic carbocycles. The van der Waals surface area contributed by atoms with Crippen LogP contribution in [0.25, 0.3) is 28.4 Å². The third-order valence-corrected chi connectivity index (χ3v) is 12.6. The zero-order chi connectivity index (χ0) is 41.1. The van der Waals surface area contributed by atoms with E-state index in [1.54, 1.807) is 32.9 Å². The largest absolute Gasteiger partial charge is 0.471 e. The van der Waals surface area contributed by atoms with E-state index < -0.39 is 92.4 Å². The van der Waals surface area contributed by atoms with Crippen molar-refractivity contribution in [2.24, 2.45) is 16.7 Å². The van der Waals surface area contributed by atoms with Crippen LogP contribution in [0.4, 0.5) is 13.6 Å². The molecule has 1 saturated heterocycles. The molecule has 2 aliphatic heterocycles. The summed E-state index contributed by atoms with van der Waals surface area (Å²) < 4.78 is 67.8. The van der Waals surface area contributed by atoms with Gasteiger partial charge in [-0.15, -0.1) is 0 Å². The molecule has 2 aromatic carbocycles. The van der Waals surface area contributed by atoms with Gasteiger partial charge in [0.2, 0.25) is 34.1 Å². The maximum absolute atomic E-state index is 14.6. The number of cyclic esters (lactones) is 1. The van der Waals surface area contributed by atoms with Crippen LogP contribution in [-0.2, 0) is 29.1 Å². The Bertz CT molecular complexity index is 2260. The van der Waals surface area contributed by atoms with Gasteiger partial charge in [-0.25, -0.2) is 32.0 Å². The van der Waals surface area contributed by atoms with Crippen LogP contribution in [0.2, 0.25) is 0 Å². The molecule has 4 bridgehead atoms. The van der Waals surface area contributed by atoms with E-state index in [-0.39, 0.29) is 25.5 Å². The molecule has 17 heteroatoms. The van der Waals surface area contributed by atoms with E-state index in [9.17, 15) is 36.4 Å². The molecule has 3 heterocycles. The number of rotatable bonds is 6. The van der Waals surface area contributed by atoms with Gasteiger partial charge < -0.3 is 25.0 Å². The summed E-state index contributed by atoms with van der Waals surface area (Å²) in [7, 11) is -4.15. The molecular weight excluding hydrogens is 763 g/mol. The number of halogens is 2.